The summed E-state index contributed by atoms with van der Waals surface area (Å²) < 4.78 is 5.73. The Bertz CT molecular complexity index is 611. The lowest BCUT2D eigenvalue weighted by atomic mass is 10.2. The minimum Gasteiger partial charge on any atom is -0.494 e. The van der Waals surface area contributed by atoms with Crippen molar-refractivity contribution < 1.29 is 4.74 Å². The molecule has 0 aliphatic heterocycles. The van der Waals surface area contributed by atoms with E-state index in [4.69, 9.17) is 10.5 Å². The molecule has 0 amide bonds. The summed E-state index contributed by atoms with van der Waals surface area (Å²) in [5, 5.41) is 6.58. The first kappa shape index (κ1) is 16.3. The molecule has 1 aromatic heterocycles. The Morgan fingerprint density at radius 2 is 2.32 bits per heavy atom. The maximum absolute atomic E-state index is 5.73. The van der Waals surface area contributed by atoms with E-state index < -0.39 is 0 Å². The summed E-state index contributed by atoms with van der Waals surface area (Å²) in [6.07, 6.45) is 2.72. The van der Waals surface area contributed by atoms with E-state index >= 15 is 0 Å². The molecule has 0 saturated heterocycles. The molecule has 1 aromatic carbocycles. The number of nitrogens with one attached hydrogen (secondary N) is 1. The van der Waals surface area contributed by atoms with Crippen LogP contribution in [0.15, 0.2) is 34.7 Å². The summed E-state index contributed by atoms with van der Waals surface area (Å²) in [5.74, 6) is 1.34. The van der Waals surface area contributed by atoms with E-state index in [9.17, 15) is 0 Å². The zero-order chi connectivity index (χ0) is 15.8. The first-order valence-electron chi connectivity index (χ1n) is 7.01. The maximum atomic E-state index is 5.73. The third-order valence-electron chi connectivity index (χ3n) is 2.77. The predicted molar refractivity (Wildman–Crippen MR) is 92.9 cm³/mol. The van der Waals surface area contributed by atoms with Crippen LogP contribution >= 0.6 is 11.3 Å². The summed E-state index contributed by atoms with van der Waals surface area (Å²) in [6, 6.07) is 7.82. The number of anilines is 2. The van der Waals surface area contributed by atoms with Gasteiger partial charge in [-0.05, 0) is 38.2 Å². The number of hydrogen-bond acceptors (Lipinski definition) is 7. The Hall–Kier alpha value is -2.12. The van der Waals surface area contributed by atoms with Crippen LogP contribution in [0.5, 0.6) is 5.75 Å². The van der Waals surface area contributed by atoms with E-state index in [1.807, 2.05) is 24.3 Å². The molecule has 0 fully saturated rings. The smallest absolute Gasteiger partial charge is 0.205 e. The molecule has 2 rings (SSSR count). The van der Waals surface area contributed by atoms with Gasteiger partial charge in [0.25, 0.3) is 0 Å². The molecule has 6 nitrogen and oxygen atoms in total. The first-order valence-corrected chi connectivity index (χ1v) is 7.89. The van der Waals surface area contributed by atoms with Gasteiger partial charge in [-0.1, -0.05) is 12.1 Å². The van der Waals surface area contributed by atoms with Gasteiger partial charge in [-0.25, -0.2) is 4.98 Å². The molecular weight excluding hydrogens is 298 g/mol. The largest absolute Gasteiger partial charge is 0.494 e. The lowest BCUT2D eigenvalue weighted by molar-refractivity contribution is 0.281. The van der Waals surface area contributed by atoms with Crippen LogP contribution in [0.1, 0.15) is 12.0 Å². The average Bonchev–Trinajstić information content (AvgIpc) is 2.90. The zero-order valence-corrected chi connectivity index (χ0v) is 13.6. The van der Waals surface area contributed by atoms with Gasteiger partial charge < -0.3 is 15.4 Å². The molecular formula is C15H21N5OS. The number of benzene rings is 1. The number of aromatic nitrogens is 1. The van der Waals surface area contributed by atoms with Crippen LogP contribution in [-0.2, 0) is 0 Å². The van der Waals surface area contributed by atoms with Crippen LogP contribution in [0.2, 0.25) is 0 Å². The molecule has 3 N–H and O–H groups in total. The third kappa shape index (κ3) is 5.71. The van der Waals surface area contributed by atoms with Crippen LogP contribution < -0.4 is 15.9 Å². The second-order valence-electron chi connectivity index (χ2n) is 5.03. The third-order valence-corrected chi connectivity index (χ3v) is 3.54. The normalized spacial score (nSPS) is 11.2. The van der Waals surface area contributed by atoms with Gasteiger partial charge >= 0.3 is 0 Å². The molecule has 0 unspecified atom stereocenters. The minimum atomic E-state index is 0.496. The standard InChI is InChI=1S/C15H21N5OS/c1-20(2)7-4-8-21-13-6-3-5-12(9-13)10-17-19-15-18-14(16)11-22-15/h3,5-6,9-11H,4,7-8,16H2,1-2H3,(H,18,19). The number of hydrogen-bond donors (Lipinski definition) is 2. The highest BCUT2D eigenvalue weighted by atomic mass is 32.1. The molecule has 22 heavy (non-hydrogen) atoms. The zero-order valence-electron chi connectivity index (χ0n) is 12.8. The summed E-state index contributed by atoms with van der Waals surface area (Å²) in [7, 11) is 4.11. The van der Waals surface area contributed by atoms with Gasteiger partial charge in [0.05, 0.1) is 12.8 Å². The molecule has 1 heterocycles. The SMILES string of the molecule is CN(C)CCCOc1cccc(C=NNc2nc(N)cs2)c1. The molecule has 0 aliphatic carbocycles. The van der Waals surface area contributed by atoms with Crippen LogP contribution in [0, 0.1) is 0 Å². The molecule has 0 bridgehead atoms. The number of rotatable bonds is 8. The molecule has 0 spiro atoms. The highest BCUT2D eigenvalue weighted by molar-refractivity contribution is 7.14. The first-order chi connectivity index (χ1) is 10.6. The van der Waals surface area contributed by atoms with Gasteiger partial charge in [-0.3, -0.25) is 5.43 Å². The summed E-state index contributed by atoms with van der Waals surface area (Å²) >= 11 is 1.41. The second-order valence-corrected chi connectivity index (χ2v) is 5.88. The monoisotopic (exact) mass is 319 g/mol. The number of hydrazone groups is 1. The van der Waals surface area contributed by atoms with E-state index in [1.54, 1.807) is 11.6 Å². The highest BCUT2D eigenvalue weighted by Crippen LogP contribution is 2.16. The Kier molecular flexibility index (Phi) is 6.17. The van der Waals surface area contributed by atoms with Gasteiger partial charge in [0.15, 0.2) is 0 Å². The number of nitrogens with zero attached hydrogens (tertiary/aromatic N) is 3. The molecule has 0 saturated carbocycles. The summed E-state index contributed by atoms with van der Waals surface area (Å²) in [6.45, 7) is 1.72. The molecule has 2 aromatic rings. The summed E-state index contributed by atoms with van der Waals surface area (Å²) in [5.41, 5.74) is 9.35. The quantitative estimate of drug-likeness (QED) is 0.444. The fraction of sp³-hybridized carbons (Fsp3) is 0.333. The van der Waals surface area contributed by atoms with E-state index in [0.29, 0.717) is 17.6 Å². The molecule has 0 atom stereocenters. The van der Waals surface area contributed by atoms with Crippen LogP contribution in [0.4, 0.5) is 10.9 Å². The Labute approximate surface area is 134 Å². The minimum absolute atomic E-state index is 0.496. The van der Waals surface area contributed by atoms with Gasteiger partial charge in [0.2, 0.25) is 5.13 Å². The van der Waals surface area contributed by atoms with E-state index in [-0.39, 0.29) is 0 Å². The van der Waals surface area contributed by atoms with Gasteiger partial charge in [0.1, 0.15) is 11.6 Å². The fourth-order valence-electron chi connectivity index (χ4n) is 1.75. The van der Waals surface area contributed by atoms with Crippen molar-refractivity contribution in [1.29, 1.82) is 0 Å². The number of nitrogen functional groups attached to an aromatic ring is 1. The lowest BCUT2D eigenvalue weighted by Gasteiger charge is -2.10. The Balaban J connectivity index is 1.82. The van der Waals surface area contributed by atoms with E-state index in [0.717, 1.165) is 24.3 Å². The number of nitrogens with two attached hydrogens (primary N) is 1. The van der Waals surface area contributed by atoms with Crippen LogP contribution in [-0.4, -0.2) is 43.3 Å². The van der Waals surface area contributed by atoms with Crippen LogP contribution in [0.25, 0.3) is 0 Å². The molecule has 0 radical (unpaired) electrons. The van der Waals surface area contributed by atoms with Crippen molar-refractivity contribution in [3.8, 4) is 5.75 Å². The van der Waals surface area contributed by atoms with Crippen molar-refractivity contribution in [3.05, 3.63) is 35.2 Å². The van der Waals surface area contributed by atoms with Crippen molar-refractivity contribution in [3.63, 3.8) is 0 Å². The van der Waals surface area contributed by atoms with Crippen molar-refractivity contribution in [2.45, 2.75) is 6.42 Å². The predicted octanol–water partition coefficient (Wildman–Crippen LogP) is 2.50. The second kappa shape index (κ2) is 8.35. The molecule has 0 aliphatic rings. The van der Waals surface area contributed by atoms with Crippen molar-refractivity contribution >= 4 is 28.5 Å². The van der Waals surface area contributed by atoms with E-state index in [1.165, 1.54) is 11.3 Å². The summed E-state index contributed by atoms with van der Waals surface area (Å²) in [4.78, 5) is 6.21. The van der Waals surface area contributed by atoms with Gasteiger partial charge in [0, 0.05) is 11.9 Å². The fourth-order valence-corrected chi connectivity index (χ4v) is 2.30. The van der Waals surface area contributed by atoms with Gasteiger partial charge in [-0.15, -0.1) is 11.3 Å². The van der Waals surface area contributed by atoms with Crippen molar-refractivity contribution in [2.24, 2.45) is 5.10 Å². The molecule has 7 heteroatoms. The Morgan fingerprint density at radius 1 is 1.45 bits per heavy atom. The van der Waals surface area contributed by atoms with Crippen molar-refractivity contribution in [1.82, 2.24) is 9.88 Å². The topological polar surface area (TPSA) is 75.8 Å². The van der Waals surface area contributed by atoms with E-state index in [2.05, 4.69) is 34.5 Å². The molecule has 118 valence electrons. The maximum Gasteiger partial charge on any atom is 0.205 e. The number of ether oxygens (including phenoxy) is 1. The number of thiazole rings is 1. The van der Waals surface area contributed by atoms with Crippen LogP contribution in [0.3, 0.4) is 0 Å². The highest BCUT2D eigenvalue weighted by Gasteiger charge is 1.98. The lowest BCUT2D eigenvalue weighted by Crippen LogP contribution is -2.15. The average molecular weight is 319 g/mol. The Morgan fingerprint density at radius 3 is 3.05 bits per heavy atom. The van der Waals surface area contributed by atoms with Crippen molar-refractivity contribution in [2.75, 3.05) is 38.4 Å². The van der Waals surface area contributed by atoms with Gasteiger partial charge in [-0.2, -0.15) is 5.10 Å².